The van der Waals surface area contributed by atoms with Crippen molar-refractivity contribution in [2.45, 2.75) is 0 Å². The Bertz CT molecular complexity index is 1320. The molecule has 0 aliphatic rings. The Morgan fingerprint density at radius 3 is 1.38 bits per heavy atom. The maximum atomic E-state index is 14.0. The maximum absolute atomic E-state index is 14.0. The quantitative estimate of drug-likeness (QED) is 0.220. The lowest BCUT2D eigenvalue weighted by Crippen LogP contribution is -2.16. The minimum atomic E-state index is -5.85. The van der Waals surface area contributed by atoms with Gasteiger partial charge in [-0.3, -0.25) is 4.79 Å². The Kier molecular flexibility index (Phi) is 7.54. The summed E-state index contributed by atoms with van der Waals surface area (Å²) in [6.45, 7) is 0. The number of halogens is 12. The van der Waals surface area contributed by atoms with Crippen LogP contribution in [-0.4, -0.2) is 20.0 Å². The van der Waals surface area contributed by atoms with Gasteiger partial charge in [-0.05, 0) is 12.2 Å². The minimum absolute atomic E-state index is 0.101. The molecule has 0 saturated heterocycles. The van der Waals surface area contributed by atoms with Crippen LogP contribution in [0, 0.1) is 58.2 Å². The summed E-state index contributed by atoms with van der Waals surface area (Å²) in [5.74, 6) is -33.6. The van der Waals surface area contributed by atoms with E-state index in [-0.39, 0.29) is 12.2 Å². The van der Waals surface area contributed by atoms with Crippen LogP contribution in [-0.2, 0) is 14.6 Å². The molecule has 0 saturated carbocycles. The first-order valence-electron chi connectivity index (χ1n) is 8.06. The van der Waals surface area contributed by atoms with Gasteiger partial charge in [-0.15, -0.1) is 0 Å². The van der Waals surface area contributed by atoms with E-state index in [1.54, 1.807) is 0 Å². The molecule has 3 nitrogen and oxygen atoms in total. The number of hydrogen-bond acceptors (Lipinski definition) is 3. The Labute approximate surface area is 180 Å². The Balaban J connectivity index is 2.45. The van der Waals surface area contributed by atoms with Crippen LogP contribution in [0.5, 0.6) is 0 Å². The van der Waals surface area contributed by atoms with Crippen molar-refractivity contribution in [1.29, 1.82) is 0 Å². The van der Waals surface area contributed by atoms with Crippen molar-refractivity contribution < 1.29 is 65.9 Å². The summed E-state index contributed by atoms with van der Waals surface area (Å²) < 4.78 is 184. The third-order valence-electron chi connectivity index (χ3n) is 3.89. The predicted octanol–water partition coefficient (Wildman–Crippen LogP) is 5.34. The van der Waals surface area contributed by atoms with Crippen molar-refractivity contribution in [3.63, 3.8) is 0 Å². The first-order valence-corrected chi connectivity index (χ1v) is 9.71. The molecule has 0 atom stereocenters. The molecule has 0 amide bonds. The van der Waals surface area contributed by atoms with E-state index in [0.29, 0.717) is 0 Å². The summed E-state index contributed by atoms with van der Waals surface area (Å²) in [7, 11) is -5.85. The summed E-state index contributed by atoms with van der Waals surface area (Å²) in [6.07, 6.45) is -0.227. The van der Waals surface area contributed by atoms with Gasteiger partial charge in [-0.2, -0.15) is 4.39 Å². The molecule has 2 aromatic carbocycles. The third-order valence-corrected chi connectivity index (χ3v) is 5.28. The minimum Gasteiger partial charge on any atom is -0.294 e. The standard InChI is InChI=1S/C18H4F12O3S/c19-7-5(8(20)13(25)16(28)12(7)24)2-1-4(31)3-34(32,33)18(30)11(23)6-9(21)14(26)17(29)15(27)10(6)22/h1-2H,3H2/b2-1+,18-11-. The summed E-state index contributed by atoms with van der Waals surface area (Å²) in [4.78, 5) is 11.6. The van der Waals surface area contributed by atoms with Crippen LogP contribution in [0.4, 0.5) is 52.7 Å². The fourth-order valence-corrected chi connectivity index (χ4v) is 3.25. The molecule has 0 heterocycles. The number of sulfone groups is 1. The Morgan fingerprint density at radius 1 is 0.618 bits per heavy atom. The second kappa shape index (κ2) is 9.52. The average Bonchev–Trinajstić information content (AvgIpc) is 2.77. The zero-order valence-electron chi connectivity index (χ0n) is 15.5. The zero-order chi connectivity index (χ0) is 26.3. The van der Waals surface area contributed by atoms with E-state index in [9.17, 15) is 65.9 Å². The fraction of sp³-hybridized carbons (Fsp3) is 0.0556. The van der Waals surface area contributed by atoms with Gasteiger partial charge in [0.15, 0.2) is 58.1 Å². The molecule has 0 spiro atoms. The number of benzene rings is 2. The van der Waals surface area contributed by atoms with Crippen molar-refractivity contribution in [3.8, 4) is 0 Å². The first-order chi connectivity index (χ1) is 15.5. The van der Waals surface area contributed by atoms with Crippen molar-refractivity contribution in [2.24, 2.45) is 0 Å². The molecule has 2 rings (SSSR count). The van der Waals surface area contributed by atoms with Gasteiger partial charge in [0.2, 0.25) is 21.5 Å². The Morgan fingerprint density at radius 2 is 0.971 bits per heavy atom. The number of hydrogen-bond donors (Lipinski definition) is 0. The molecule has 16 heteroatoms. The van der Waals surface area contributed by atoms with Crippen molar-refractivity contribution in [1.82, 2.24) is 0 Å². The normalized spacial score (nSPS) is 12.9. The summed E-state index contributed by atoms with van der Waals surface area (Å²) >= 11 is 0. The van der Waals surface area contributed by atoms with Gasteiger partial charge in [0, 0.05) is 0 Å². The van der Waals surface area contributed by atoms with Gasteiger partial charge < -0.3 is 0 Å². The van der Waals surface area contributed by atoms with Crippen LogP contribution >= 0.6 is 0 Å². The highest BCUT2D eigenvalue weighted by Crippen LogP contribution is 2.33. The average molecular weight is 528 g/mol. The molecule has 0 aromatic heterocycles. The number of carbonyl (C=O) groups is 1. The number of rotatable bonds is 6. The van der Waals surface area contributed by atoms with E-state index >= 15 is 0 Å². The molecule has 34 heavy (non-hydrogen) atoms. The molecule has 184 valence electrons. The highest BCUT2D eigenvalue weighted by Gasteiger charge is 2.34. The van der Waals surface area contributed by atoms with Crippen LogP contribution in [0.2, 0.25) is 0 Å². The third kappa shape index (κ3) is 4.67. The second-order valence-electron chi connectivity index (χ2n) is 6.07. The molecule has 0 radical (unpaired) electrons. The summed E-state index contributed by atoms with van der Waals surface area (Å²) in [6, 6.07) is 0. The van der Waals surface area contributed by atoms with E-state index in [4.69, 9.17) is 0 Å². The molecule has 0 aliphatic heterocycles. The van der Waals surface area contributed by atoms with Gasteiger partial charge in [-0.1, -0.05) is 0 Å². The predicted molar refractivity (Wildman–Crippen MR) is 89.4 cm³/mol. The summed E-state index contributed by atoms with van der Waals surface area (Å²) in [5, 5.41) is -3.16. The number of carbonyl (C=O) groups excluding carboxylic acids is 1. The molecule has 0 aliphatic carbocycles. The Hall–Kier alpha value is -3.30. The smallest absolute Gasteiger partial charge is 0.251 e. The molecule has 0 unspecified atom stereocenters. The van der Waals surface area contributed by atoms with Crippen molar-refractivity contribution in [2.75, 3.05) is 5.75 Å². The van der Waals surface area contributed by atoms with Crippen molar-refractivity contribution in [3.05, 3.63) is 80.5 Å². The topological polar surface area (TPSA) is 51.2 Å². The summed E-state index contributed by atoms with van der Waals surface area (Å²) in [5.41, 5.74) is -4.33. The molecule has 2 aromatic rings. The SMILES string of the molecule is O=C(/C=C/c1c(F)c(F)c(F)c(F)c1F)CS(=O)(=O)/C(F)=C(\F)c1c(F)c(F)c(F)c(F)c1F. The lowest BCUT2D eigenvalue weighted by atomic mass is 10.1. The van der Waals surface area contributed by atoms with E-state index < -0.39 is 102 Å². The number of ketones is 1. The van der Waals surface area contributed by atoms with Crippen LogP contribution < -0.4 is 0 Å². The van der Waals surface area contributed by atoms with Gasteiger partial charge in [0.25, 0.3) is 5.16 Å². The van der Waals surface area contributed by atoms with Gasteiger partial charge in [0.05, 0.1) is 11.1 Å². The molecular formula is C18H4F12O3S. The first kappa shape index (κ1) is 26.9. The highest BCUT2D eigenvalue weighted by molar-refractivity contribution is 7.95. The van der Waals surface area contributed by atoms with Gasteiger partial charge >= 0.3 is 0 Å². The molecule has 0 fully saturated rings. The van der Waals surface area contributed by atoms with E-state index in [1.807, 2.05) is 0 Å². The van der Waals surface area contributed by atoms with Gasteiger partial charge in [-0.25, -0.2) is 56.7 Å². The maximum Gasteiger partial charge on any atom is 0.251 e. The lowest BCUT2D eigenvalue weighted by Gasteiger charge is -2.08. The van der Waals surface area contributed by atoms with Crippen LogP contribution in [0.15, 0.2) is 11.2 Å². The van der Waals surface area contributed by atoms with Crippen LogP contribution in [0.1, 0.15) is 11.1 Å². The lowest BCUT2D eigenvalue weighted by molar-refractivity contribution is -0.112. The highest BCUT2D eigenvalue weighted by atomic mass is 32.2. The van der Waals surface area contributed by atoms with E-state index in [0.717, 1.165) is 0 Å². The molecule has 0 N–H and O–H groups in total. The van der Waals surface area contributed by atoms with Crippen molar-refractivity contribution >= 4 is 27.5 Å². The number of allylic oxidation sites excluding steroid dienone is 1. The molecule has 0 bridgehead atoms. The van der Waals surface area contributed by atoms with Crippen LogP contribution in [0.25, 0.3) is 11.9 Å². The largest absolute Gasteiger partial charge is 0.294 e. The van der Waals surface area contributed by atoms with E-state index in [2.05, 4.69) is 0 Å². The zero-order valence-corrected chi connectivity index (χ0v) is 16.3. The second-order valence-corrected chi connectivity index (χ2v) is 7.95. The van der Waals surface area contributed by atoms with Gasteiger partial charge in [0.1, 0.15) is 5.75 Å². The monoisotopic (exact) mass is 528 g/mol. The fourth-order valence-electron chi connectivity index (χ4n) is 2.28. The molecular weight excluding hydrogens is 524 g/mol. The van der Waals surface area contributed by atoms with Crippen LogP contribution in [0.3, 0.4) is 0 Å². The van der Waals surface area contributed by atoms with E-state index in [1.165, 1.54) is 0 Å².